The Morgan fingerprint density at radius 1 is 1.12 bits per heavy atom. The fourth-order valence-electron chi connectivity index (χ4n) is 3.96. The summed E-state index contributed by atoms with van der Waals surface area (Å²) in [6.07, 6.45) is 3.83. The van der Waals surface area contributed by atoms with Crippen LogP contribution in [0.2, 0.25) is 0 Å². The summed E-state index contributed by atoms with van der Waals surface area (Å²) < 4.78 is 8.28. The topological polar surface area (TPSA) is 63.8 Å². The molecule has 5 nitrogen and oxygen atoms in total. The lowest BCUT2D eigenvalue weighted by Gasteiger charge is -2.17. The monoisotopic (exact) mass is 428 g/mol. The first-order valence-electron chi connectivity index (χ1n) is 11.0. The van der Waals surface area contributed by atoms with Crippen LogP contribution in [0.15, 0.2) is 66.9 Å². The van der Waals surface area contributed by atoms with Crippen LogP contribution in [-0.4, -0.2) is 20.5 Å². The van der Waals surface area contributed by atoms with Gasteiger partial charge in [0, 0.05) is 11.9 Å². The Balaban J connectivity index is 1.57. The summed E-state index contributed by atoms with van der Waals surface area (Å²) in [6, 6.07) is 19.2. The number of carboxylic acid groups (broad SMARTS) is 1. The van der Waals surface area contributed by atoms with Crippen LogP contribution < -0.4 is 0 Å². The van der Waals surface area contributed by atoms with Gasteiger partial charge in [-0.25, -0.2) is 9.78 Å². The Bertz CT molecular complexity index is 1240. The maximum absolute atomic E-state index is 11.9. The Kier molecular flexibility index (Phi) is 6.37. The Labute approximate surface area is 188 Å². The van der Waals surface area contributed by atoms with Gasteiger partial charge in [0.25, 0.3) is 0 Å². The lowest BCUT2D eigenvalue weighted by atomic mass is 9.96. The number of fused-ring (bicyclic) bond motifs is 1. The first-order valence-corrected chi connectivity index (χ1v) is 11.0. The molecule has 5 heteroatoms. The van der Waals surface area contributed by atoms with E-state index in [4.69, 9.17) is 9.72 Å². The van der Waals surface area contributed by atoms with Crippen LogP contribution in [0.5, 0.6) is 0 Å². The summed E-state index contributed by atoms with van der Waals surface area (Å²) in [5.41, 5.74) is 6.90. The number of pyridine rings is 1. The quantitative estimate of drug-likeness (QED) is 0.361. The zero-order valence-corrected chi connectivity index (χ0v) is 18.7. The van der Waals surface area contributed by atoms with E-state index in [9.17, 15) is 9.90 Å². The second kappa shape index (κ2) is 9.37. The minimum absolute atomic E-state index is 0.257. The number of benzene rings is 2. The molecule has 2 aromatic carbocycles. The molecule has 0 fully saturated rings. The molecule has 1 atom stereocenters. The van der Waals surface area contributed by atoms with Crippen LogP contribution in [0.1, 0.15) is 59.2 Å². The molecule has 0 saturated heterocycles. The van der Waals surface area contributed by atoms with Crippen LogP contribution in [0.25, 0.3) is 16.8 Å². The van der Waals surface area contributed by atoms with Gasteiger partial charge in [0.15, 0.2) is 0 Å². The molecule has 4 rings (SSSR count). The third-order valence-electron chi connectivity index (χ3n) is 5.76. The number of aryl methyl sites for hydroxylation is 2. The van der Waals surface area contributed by atoms with Gasteiger partial charge in [0.1, 0.15) is 5.65 Å². The summed E-state index contributed by atoms with van der Waals surface area (Å²) in [6.45, 7) is 6.57. The minimum Gasteiger partial charge on any atom is -0.478 e. The lowest BCUT2D eigenvalue weighted by molar-refractivity contribution is 0.0498. The van der Waals surface area contributed by atoms with E-state index in [2.05, 4.69) is 36.6 Å². The van der Waals surface area contributed by atoms with Crippen molar-refractivity contribution >= 4 is 11.6 Å². The SMILES string of the molecule is CCCc1cn2c(COC(C)c3ccc(-c4ccccc4)c(C(=O)O)c3)ccc(C)c2n1. The van der Waals surface area contributed by atoms with Crippen molar-refractivity contribution in [1.82, 2.24) is 9.38 Å². The standard InChI is InChI=1S/C27H28N2O3/c1-4-8-22-16-29-23(13-11-18(2)26(29)28-22)17-32-19(3)21-12-14-24(25(15-21)27(30)31)20-9-6-5-7-10-20/h5-7,9-16,19H,4,8,17H2,1-3H3,(H,30,31). The molecule has 164 valence electrons. The van der Waals surface area contributed by atoms with E-state index in [0.717, 1.165) is 46.6 Å². The predicted octanol–water partition coefficient (Wildman–Crippen LogP) is 6.24. The van der Waals surface area contributed by atoms with Crippen molar-refractivity contribution in [2.75, 3.05) is 0 Å². The second-order valence-electron chi connectivity index (χ2n) is 8.11. The molecule has 2 aromatic heterocycles. The van der Waals surface area contributed by atoms with Crippen LogP contribution in [0, 0.1) is 6.92 Å². The van der Waals surface area contributed by atoms with Gasteiger partial charge in [0.2, 0.25) is 0 Å². The average Bonchev–Trinajstić information content (AvgIpc) is 3.24. The summed E-state index contributed by atoms with van der Waals surface area (Å²) >= 11 is 0. The van der Waals surface area contributed by atoms with Gasteiger partial charge in [-0.2, -0.15) is 0 Å². The van der Waals surface area contributed by atoms with E-state index in [-0.39, 0.29) is 11.7 Å². The number of aromatic carboxylic acids is 1. The van der Waals surface area contributed by atoms with Crippen molar-refractivity contribution in [3.05, 3.63) is 94.9 Å². The number of carbonyl (C=O) groups is 1. The molecule has 0 bridgehead atoms. The van der Waals surface area contributed by atoms with Gasteiger partial charge in [-0.05, 0) is 54.7 Å². The molecule has 0 aliphatic carbocycles. The lowest BCUT2D eigenvalue weighted by Crippen LogP contribution is -2.07. The normalized spacial score (nSPS) is 12.2. The minimum atomic E-state index is -0.944. The Hall–Kier alpha value is -3.44. The van der Waals surface area contributed by atoms with E-state index in [1.807, 2.05) is 49.4 Å². The van der Waals surface area contributed by atoms with E-state index in [1.54, 1.807) is 6.07 Å². The Morgan fingerprint density at radius 3 is 2.62 bits per heavy atom. The Morgan fingerprint density at radius 2 is 1.91 bits per heavy atom. The first kappa shape index (κ1) is 21.8. The number of ether oxygens (including phenoxy) is 1. The molecule has 4 aromatic rings. The maximum Gasteiger partial charge on any atom is 0.336 e. The average molecular weight is 429 g/mol. The van der Waals surface area contributed by atoms with Crippen molar-refractivity contribution in [3.8, 4) is 11.1 Å². The highest BCUT2D eigenvalue weighted by molar-refractivity contribution is 5.96. The highest BCUT2D eigenvalue weighted by Crippen LogP contribution is 2.28. The van der Waals surface area contributed by atoms with Crippen molar-refractivity contribution in [3.63, 3.8) is 0 Å². The van der Waals surface area contributed by atoms with E-state index in [0.29, 0.717) is 12.2 Å². The summed E-state index contributed by atoms with van der Waals surface area (Å²) in [5, 5.41) is 9.78. The van der Waals surface area contributed by atoms with Gasteiger partial charge < -0.3 is 14.2 Å². The molecule has 0 amide bonds. The zero-order valence-electron chi connectivity index (χ0n) is 18.7. The van der Waals surface area contributed by atoms with Crippen molar-refractivity contribution < 1.29 is 14.6 Å². The number of aromatic nitrogens is 2. The van der Waals surface area contributed by atoms with Gasteiger partial charge >= 0.3 is 5.97 Å². The van der Waals surface area contributed by atoms with Crippen molar-refractivity contribution in [1.29, 1.82) is 0 Å². The van der Waals surface area contributed by atoms with Gasteiger partial charge in [-0.3, -0.25) is 0 Å². The number of imidazole rings is 1. The number of hydrogen-bond acceptors (Lipinski definition) is 3. The number of rotatable bonds is 8. The fourth-order valence-corrected chi connectivity index (χ4v) is 3.96. The fraction of sp³-hybridized carbons (Fsp3) is 0.259. The predicted molar refractivity (Wildman–Crippen MR) is 126 cm³/mol. The van der Waals surface area contributed by atoms with Crippen molar-refractivity contribution in [2.45, 2.75) is 46.3 Å². The maximum atomic E-state index is 11.9. The van der Waals surface area contributed by atoms with E-state index < -0.39 is 5.97 Å². The molecule has 32 heavy (non-hydrogen) atoms. The molecular formula is C27H28N2O3. The second-order valence-corrected chi connectivity index (χ2v) is 8.11. The highest BCUT2D eigenvalue weighted by Gasteiger charge is 2.16. The zero-order chi connectivity index (χ0) is 22.7. The van der Waals surface area contributed by atoms with Gasteiger partial charge in [-0.1, -0.05) is 61.9 Å². The van der Waals surface area contributed by atoms with Crippen LogP contribution in [0.3, 0.4) is 0 Å². The smallest absolute Gasteiger partial charge is 0.336 e. The highest BCUT2D eigenvalue weighted by atomic mass is 16.5. The summed E-state index contributed by atoms with van der Waals surface area (Å²) in [7, 11) is 0. The molecule has 1 unspecified atom stereocenters. The molecule has 2 heterocycles. The number of nitrogens with zero attached hydrogens (tertiary/aromatic N) is 2. The van der Waals surface area contributed by atoms with E-state index >= 15 is 0 Å². The number of hydrogen-bond donors (Lipinski definition) is 1. The molecule has 0 saturated carbocycles. The molecular weight excluding hydrogens is 400 g/mol. The van der Waals surface area contributed by atoms with Crippen molar-refractivity contribution in [2.24, 2.45) is 0 Å². The molecule has 0 aliphatic rings. The molecule has 0 radical (unpaired) electrons. The molecule has 0 aliphatic heterocycles. The third-order valence-corrected chi connectivity index (χ3v) is 5.76. The van der Waals surface area contributed by atoms with Gasteiger partial charge in [-0.15, -0.1) is 0 Å². The van der Waals surface area contributed by atoms with Crippen LogP contribution in [-0.2, 0) is 17.8 Å². The third kappa shape index (κ3) is 4.43. The van der Waals surface area contributed by atoms with E-state index in [1.165, 1.54) is 0 Å². The van der Waals surface area contributed by atoms with Crippen LogP contribution in [0.4, 0.5) is 0 Å². The first-order chi connectivity index (χ1) is 15.5. The molecule has 0 spiro atoms. The number of carboxylic acids is 1. The summed E-state index contributed by atoms with van der Waals surface area (Å²) in [5.74, 6) is -0.944. The van der Waals surface area contributed by atoms with Gasteiger partial charge in [0.05, 0.1) is 24.0 Å². The van der Waals surface area contributed by atoms with Crippen LogP contribution >= 0.6 is 0 Å². The molecule has 1 N–H and O–H groups in total. The largest absolute Gasteiger partial charge is 0.478 e. The summed E-state index contributed by atoms with van der Waals surface area (Å²) in [4.78, 5) is 16.7.